The Kier molecular flexibility index (Phi) is 13.9. The lowest BCUT2D eigenvalue weighted by Crippen LogP contribution is -2.03. The molecule has 2 aromatic rings. The van der Waals surface area contributed by atoms with Crippen LogP contribution in [0, 0.1) is 18.3 Å². The molecule has 0 aliphatic rings. The fraction of sp³-hybridized carbons (Fsp3) is 0.611. The summed E-state index contributed by atoms with van der Waals surface area (Å²) in [5.74, 6) is 0.691. The Balaban J connectivity index is 0. The van der Waals surface area contributed by atoms with Gasteiger partial charge in [-0.25, -0.2) is 9.97 Å². The molecule has 23 heavy (non-hydrogen) atoms. The molecule has 0 spiro atoms. The molecule has 5 heteroatoms. The molecule has 0 amide bonds. The number of fused-ring (bicyclic) bond motifs is 1. The Morgan fingerprint density at radius 1 is 1.13 bits per heavy atom. The second-order valence-corrected chi connectivity index (χ2v) is 3.84. The van der Waals surface area contributed by atoms with Gasteiger partial charge in [0, 0.05) is 12.7 Å². The highest BCUT2D eigenvalue weighted by atomic mass is 16.3. The number of aliphatic hydroxyl groups excluding tert-OH is 1. The summed E-state index contributed by atoms with van der Waals surface area (Å²) in [5, 5.41) is 18.9. The van der Waals surface area contributed by atoms with Gasteiger partial charge in [0.05, 0.1) is 23.3 Å². The van der Waals surface area contributed by atoms with Crippen LogP contribution in [0.2, 0.25) is 0 Å². The van der Waals surface area contributed by atoms with Crippen molar-refractivity contribution < 1.29 is 5.11 Å². The number of aromatic nitrogens is 3. The molecule has 0 saturated carbocycles. The second-order valence-electron chi connectivity index (χ2n) is 3.84. The van der Waals surface area contributed by atoms with Crippen LogP contribution >= 0.6 is 0 Å². The smallest absolute Gasteiger partial charge is 0.145 e. The van der Waals surface area contributed by atoms with E-state index in [1.807, 2.05) is 60.0 Å². The SMILES string of the molecule is CC.CC.CC.CCc1nc(C)nc2c1c(C#N)cn2CCO. The van der Waals surface area contributed by atoms with Crippen LogP contribution in [-0.2, 0) is 13.0 Å². The van der Waals surface area contributed by atoms with Gasteiger partial charge in [0.2, 0.25) is 0 Å². The molecular weight excluding hydrogens is 288 g/mol. The first-order valence-corrected chi connectivity index (χ1v) is 8.58. The van der Waals surface area contributed by atoms with Crippen molar-refractivity contribution in [2.24, 2.45) is 0 Å². The summed E-state index contributed by atoms with van der Waals surface area (Å²) >= 11 is 0. The normalized spacial score (nSPS) is 8.70. The molecule has 0 atom stereocenters. The minimum atomic E-state index is 0.0269. The summed E-state index contributed by atoms with van der Waals surface area (Å²) in [4.78, 5) is 8.72. The number of hydrogen-bond acceptors (Lipinski definition) is 4. The van der Waals surface area contributed by atoms with Crippen molar-refractivity contribution in [2.45, 2.75) is 68.4 Å². The van der Waals surface area contributed by atoms with Gasteiger partial charge in [0.25, 0.3) is 0 Å². The van der Waals surface area contributed by atoms with E-state index in [2.05, 4.69) is 16.0 Å². The van der Waals surface area contributed by atoms with E-state index in [9.17, 15) is 0 Å². The summed E-state index contributed by atoms with van der Waals surface area (Å²) in [6.07, 6.45) is 2.49. The molecule has 0 unspecified atom stereocenters. The maximum atomic E-state index is 9.13. The van der Waals surface area contributed by atoms with E-state index in [-0.39, 0.29) is 6.61 Å². The first-order chi connectivity index (χ1) is 11.2. The van der Waals surface area contributed by atoms with Crippen LogP contribution in [0.3, 0.4) is 0 Å². The van der Waals surface area contributed by atoms with Crippen molar-refractivity contribution in [1.82, 2.24) is 14.5 Å². The van der Waals surface area contributed by atoms with Gasteiger partial charge in [-0.2, -0.15) is 5.26 Å². The Labute approximate surface area is 141 Å². The number of rotatable bonds is 3. The van der Waals surface area contributed by atoms with Crippen LogP contribution in [0.5, 0.6) is 0 Å². The van der Waals surface area contributed by atoms with Gasteiger partial charge in [0.1, 0.15) is 17.5 Å². The van der Waals surface area contributed by atoms with Crippen molar-refractivity contribution >= 4 is 11.0 Å². The zero-order chi connectivity index (χ0) is 18.4. The van der Waals surface area contributed by atoms with E-state index in [1.165, 1.54) is 0 Å². The molecule has 2 aromatic heterocycles. The van der Waals surface area contributed by atoms with E-state index in [0.29, 0.717) is 17.9 Å². The fourth-order valence-corrected chi connectivity index (χ4v) is 2.00. The molecule has 2 heterocycles. The molecule has 0 bridgehead atoms. The van der Waals surface area contributed by atoms with E-state index in [4.69, 9.17) is 10.4 Å². The van der Waals surface area contributed by atoms with E-state index >= 15 is 0 Å². The van der Waals surface area contributed by atoms with E-state index < -0.39 is 0 Å². The molecule has 0 radical (unpaired) electrons. The van der Waals surface area contributed by atoms with Gasteiger partial charge in [-0.15, -0.1) is 0 Å². The minimum Gasteiger partial charge on any atom is -0.395 e. The molecule has 2 rings (SSSR count). The van der Waals surface area contributed by atoms with Crippen molar-refractivity contribution in [1.29, 1.82) is 5.26 Å². The molecule has 0 aromatic carbocycles. The monoisotopic (exact) mass is 320 g/mol. The standard InChI is InChI=1S/C12H14N4O.3C2H6/c1-3-10-11-9(6-13)7-16(4-5-17)12(11)15-8(2)14-10;3*1-2/h7,17H,3-5H2,1-2H3;3*1-2H3. The highest BCUT2D eigenvalue weighted by Gasteiger charge is 2.14. The topological polar surface area (TPSA) is 74.7 Å². The van der Waals surface area contributed by atoms with Gasteiger partial charge < -0.3 is 9.67 Å². The lowest BCUT2D eigenvalue weighted by molar-refractivity contribution is 0.278. The minimum absolute atomic E-state index is 0.0269. The molecular formula is C18H32N4O. The highest BCUT2D eigenvalue weighted by molar-refractivity contribution is 5.85. The van der Waals surface area contributed by atoms with Gasteiger partial charge in [0.15, 0.2) is 0 Å². The quantitative estimate of drug-likeness (QED) is 0.917. The van der Waals surface area contributed by atoms with E-state index in [1.54, 1.807) is 6.20 Å². The summed E-state index contributed by atoms with van der Waals surface area (Å²) in [5.41, 5.74) is 2.20. The first-order valence-electron chi connectivity index (χ1n) is 8.58. The lowest BCUT2D eigenvalue weighted by atomic mass is 10.1. The fourth-order valence-electron chi connectivity index (χ4n) is 2.00. The molecule has 130 valence electrons. The zero-order valence-corrected chi connectivity index (χ0v) is 15.9. The van der Waals surface area contributed by atoms with E-state index in [0.717, 1.165) is 23.1 Å². The first kappa shape index (κ1) is 23.3. The largest absolute Gasteiger partial charge is 0.395 e. The van der Waals surface area contributed by atoms with Gasteiger partial charge in [-0.05, 0) is 13.3 Å². The van der Waals surface area contributed by atoms with Crippen molar-refractivity contribution in [3.05, 3.63) is 23.3 Å². The van der Waals surface area contributed by atoms with Crippen molar-refractivity contribution in [3.8, 4) is 6.07 Å². The predicted octanol–water partition coefficient (Wildman–Crippen LogP) is 4.24. The number of aryl methyl sites for hydroxylation is 2. The third kappa shape index (κ3) is 5.99. The molecule has 0 aliphatic heterocycles. The predicted molar refractivity (Wildman–Crippen MR) is 97.5 cm³/mol. The molecule has 5 nitrogen and oxygen atoms in total. The van der Waals surface area contributed by atoms with Crippen molar-refractivity contribution in [2.75, 3.05) is 6.61 Å². The third-order valence-corrected chi connectivity index (χ3v) is 2.70. The Bertz CT molecular complexity index is 597. The Hall–Kier alpha value is -1.93. The van der Waals surface area contributed by atoms with Crippen LogP contribution in [0.25, 0.3) is 11.0 Å². The van der Waals surface area contributed by atoms with Gasteiger partial charge in [-0.1, -0.05) is 48.5 Å². The van der Waals surface area contributed by atoms with Crippen LogP contribution in [-0.4, -0.2) is 26.2 Å². The average Bonchev–Trinajstić information content (AvgIpc) is 2.97. The average molecular weight is 320 g/mol. The second kappa shape index (κ2) is 13.7. The lowest BCUT2D eigenvalue weighted by Gasteiger charge is -2.04. The number of aliphatic hydroxyl groups is 1. The van der Waals surface area contributed by atoms with Crippen LogP contribution in [0.4, 0.5) is 0 Å². The summed E-state index contributed by atoms with van der Waals surface area (Å²) < 4.78 is 1.81. The zero-order valence-electron chi connectivity index (χ0n) is 15.9. The highest BCUT2D eigenvalue weighted by Crippen LogP contribution is 2.22. The maximum absolute atomic E-state index is 9.13. The van der Waals surface area contributed by atoms with Crippen LogP contribution in [0.15, 0.2) is 6.20 Å². The molecule has 0 fully saturated rings. The molecule has 0 saturated heterocycles. The summed E-state index contributed by atoms with van der Waals surface area (Å²) in [6.45, 7) is 16.3. The van der Waals surface area contributed by atoms with Gasteiger partial charge >= 0.3 is 0 Å². The number of nitrogens with zero attached hydrogens (tertiary/aromatic N) is 4. The van der Waals surface area contributed by atoms with Crippen LogP contribution < -0.4 is 0 Å². The van der Waals surface area contributed by atoms with Crippen LogP contribution in [0.1, 0.15) is 65.5 Å². The Morgan fingerprint density at radius 2 is 1.70 bits per heavy atom. The molecule has 0 aliphatic carbocycles. The van der Waals surface area contributed by atoms with Gasteiger partial charge in [-0.3, -0.25) is 0 Å². The maximum Gasteiger partial charge on any atom is 0.145 e. The number of nitriles is 1. The number of hydrogen-bond donors (Lipinski definition) is 1. The molecule has 1 N–H and O–H groups in total. The van der Waals surface area contributed by atoms with Crippen molar-refractivity contribution in [3.63, 3.8) is 0 Å². The summed E-state index contributed by atoms with van der Waals surface area (Å²) in [7, 11) is 0. The third-order valence-electron chi connectivity index (χ3n) is 2.70. The Morgan fingerprint density at radius 3 is 2.13 bits per heavy atom. The summed E-state index contributed by atoms with van der Waals surface area (Å²) in [6, 6.07) is 2.16.